The van der Waals surface area contributed by atoms with Crippen molar-refractivity contribution in [3.8, 4) is 17.2 Å². The molecule has 0 N–H and O–H groups in total. The minimum absolute atomic E-state index is 0.0168. The summed E-state index contributed by atoms with van der Waals surface area (Å²) in [4.78, 5) is 0. The molecular weight excluding hydrogens is 587 g/mol. The molecule has 0 aliphatic rings. The monoisotopic (exact) mass is 602 g/mol. The van der Waals surface area contributed by atoms with E-state index < -0.39 is 7.82 Å². The molecule has 1 unspecified atom stereocenters. The number of rotatable bonds is 8. The zero-order valence-electron chi connectivity index (χ0n) is 15.4. The molecule has 0 bridgehead atoms. The first-order valence-corrected chi connectivity index (χ1v) is 12.7. The van der Waals surface area contributed by atoms with Crippen LogP contribution in [0.25, 0.3) is 0 Å². The second-order valence-electron chi connectivity index (χ2n) is 6.25. The number of phosphoric acid groups is 1. The molecule has 0 amide bonds. The maximum Gasteiger partial charge on any atom is 0.647 e. The van der Waals surface area contributed by atoms with Crippen molar-refractivity contribution in [2.45, 2.75) is 15.0 Å². The van der Waals surface area contributed by atoms with Crippen LogP contribution in [0.1, 0.15) is 12.5 Å². The van der Waals surface area contributed by atoms with Gasteiger partial charge in [0.2, 0.25) is 0 Å². The quantitative estimate of drug-likeness (QED) is 0.193. The van der Waals surface area contributed by atoms with E-state index in [4.69, 9.17) is 13.6 Å². The number of halogens is 3. The van der Waals surface area contributed by atoms with Crippen LogP contribution in [0.4, 0.5) is 0 Å². The van der Waals surface area contributed by atoms with Gasteiger partial charge in [-0.1, -0.05) is 96.3 Å². The van der Waals surface area contributed by atoms with Gasteiger partial charge in [0.05, 0.1) is 8.06 Å². The first kappa shape index (κ1) is 22.4. The van der Waals surface area contributed by atoms with Crippen LogP contribution < -0.4 is 13.6 Å². The Hall–Kier alpha value is -1.27. The van der Waals surface area contributed by atoms with Crippen LogP contribution in [0.3, 0.4) is 0 Å². The molecule has 152 valence electrons. The lowest BCUT2D eigenvalue weighted by molar-refractivity contribution is 0.298. The Morgan fingerprint density at radius 1 is 0.724 bits per heavy atom. The van der Waals surface area contributed by atoms with Crippen molar-refractivity contribution in [3.05, 3.63) is 90.5 Å². The summed E-state index contributed by atoms with van der Waals surface area (Å²) in [6, 6.07) is 24.8. The van der Waals surface area contributed by atoms with E-state index in [2.05, 4.69) is 47.8 Å². The van der Waals surface area contributed by atoms with Crippen LogP contribution in [0.5, 0.6) is 17.2 Å². The van der Waals surface area contributed by atoms with Crippen LogP contribution >= 0.6 is 55.6 Å². The lowest BCUT2D eigenvalue weighted by Gasteiger charge is -2.25. The minimum atomic E-state index is -3.99. The van der Waals surface area contributed by atoms with Gasteiger partial charge in [-0.2, -0.15) is 4.57 Å². The molecule has 0 radical (unpaired) electrons. The van der Waals surface area contributed by atoms with Gasteiger partial charge in [-0.25, -0.2) is 0 Å². The van der Waals surface area contributed by atoms with Gasteiger partial charge in [0.1, 0.15) is 17.2 Å². The molecule has 8 heteroatoms. The lowest BCUT2D eigenvalue weighted by Crippen LogP contribution is -2.20. The summed E-state index contributed by atoms with van der Waals surface area (Å²) < 4.78 is 30.1. The van der Waals surface area contributed by atoms with Crippen molar-refractivity contribution in [1.82, 2.24) is 0 Å². The molecule has 1 atom stereocenters. The molecule has 0 heterocycles. The van der Waals surface area contributed by atoms with E-state index in [1.54, 1.807) is 60.7 Å². The molecule has 3 aromatic carbocycles. The molecule has 29 heavy (non-hydrogen) atoms. The normalized spacial score (nSPS) is 13.6. The maximum atomic E-state index is 13.4. The third-order valence-electron chi connectivity index (χ3n) is 3.97. The standard InChI is InChI=1S/C21H18Br3O4P/c1-21(24,20(22)23)16-12-14-19(15-13-16)28-29(25,26-17-8-4-2-5-9-17)27-18-10-6-3-7-11-18/h2-15,20H,1H3. The summed E-state index contributed by atoms with van der Waals surface area (Å²) in [5, 5.41) is 0. The van der Waals surface area contributed by atoms with Gasteiger partial charge in [-0.15, -0.1) is 0 Å². The number of hydrogen-bond acceptors (Lipinski definition) is 4. The van der Waals surface area contributed by atoms with Crippen molar-refractivity contribution in [3.63, 3.8) is 0 Å². The SMILES string of the molecule is CC(Br)(c1ccc(OP(=O)(Oc2ccccc2)Oc2ccccc2)cc1)C(Br)Br. The van der Waals surface area contributed by atoms with Gasteiger partial charge in [0.15, 0.2) is 0 Å². The summed E-state index contributed by atoms with van der Waals surface area (Å²) in [6.45, 7) is 2.03. The van der Waals surface area contributed by atoms with Gasteiger partial charge in [-0.3, -0.25) is 0 Å². The first-order valence-electron chi connectivity index (χ1n) is 8.65. The summed E-state index contributed by atoms with van der Waals surface area (Å²) in [5.74, 6) is 1.14. The minimum Gasteiger partial charge on any atom is -0.386 e. The molecule has 0 aromatic heterocycles. The molecule has 0 aliphatic carbocycles. The highest BCUT2D eigenvalue weighted by Gasteiger charge is 2.34. The average Bonchev–Trinajstić information content (AvgIpc) is 2.69. The topological polar surface area (TPSA) is 44.8 Å². The van der Waals surface area contributed by atoms with Gasteiger partial charge < -0.3 is 13.6 Å². The first-order chi connectivity index (χ1) is 13.8. The largest absolute Gasteiger partial charge is 0.647 e. The Balaban J connectivity index is 1.85. The van der Waals surface area contributed by atoms with Crippen molar-refractivity contribution in [1.29, 1.82) is 0 Å². The van der Waals surface area contributed by atoms with Crippen molar-refractivity contribution < 1.29 is 18.1 Å². The Morgan fingerprint density at radius 2 is 1.10 bits per heavy atom. The van der Waals surface area contributed by atoms with Crippen LogP contribution in [0.15, 0.2) is 84.9 Å². The predicted molar refractivity (Wildman–Crippen MR) is 127 cm³/mol. The smallest absolute Gasteiger partial charge is 0.386 e. The fourth-order valence-electron chi connectivity index (χ4n) is 2.37. The fourth-order valence-corrected chi connectivity index (χ4v) is 4.42. The Kier molecular flexibility index (Phi) is 7.49. The third kappa shape index (κ3) is 6.11. The Bertz CT molecular complexity index is 919. The van der Waals surface area contributed by atoms with Crippen molar-refractivity contribution in [2.75, 3.05) is 0 Å². The van der Waals surface area contributed by atoms with Crippen molar-refractivity contribution >= 4 is 55.6 Å². The van der Waals surface area contributed by atoms with Gasteiger partial charge >= 0.3 is 7.82 Å². The van der Waals surface area contributed by atoms with E-state index in [1.165, 1.54) is 0 Å². The van der Waals surface area contributed by atoms with E-state index in [0.29, 0.717) is 17.2 Å². The Labute approximate surface area is 195 Å². The second kappa shape index (κ2) is 9.69. The average molecular weight is 605 g/mol. The van der Waals surface area contributed by atoms with Gasteiger partial charge in [0.25, 0.3) is 0 Å². The molecule has 0 saturated carbocycles. The van der Waals surface area contributed by atoms with Crippen molar-refractivity contribution in [2.24, 2.45) is 0 Å². The van der Waals surface area contributed by atoms with Gasteiger partial charge in [0, 0.05) is 0 Å². The number of benzene rings is 3. The van der Waals surface area contributed by atoms with Gasteiger partial charge in [-0.05, 0) is 48.9 Å². The Morgan fingerprint density at radius 3 is 1.48 bits per heavy atom. The third-order valence-corrected chi connectivity index (χ3v) is 9.25. The number of hydrogen-bond donors (Lipinski definition) is 0. The second-order valence-corrected chi connectivity index (χ2v) is 12.4. The summed E-state index contributed by atoms with van der Waals surface area (Å²) >= 11 is 10.7. The maximum absolute atomic E-state index is 13.4. The molecule has 0 spiro atoms. The lowest BCUT2D eigenvalue weighted by atomic mass is 10.0. The molecule has 0 fully saturated rings. The summed E-state index contributed by atoms with van der Waals surface area (Å²) in [5.41, 5.74) is 1.01. The number of alkyl halides is 3. The fraction of sp³-hybridized carbons (Fsp3) is 0.143. The summed E-state index contributed by atoms with van der Waals surface area (Å²) in [7, 11) is -3.99. The molecular formula is C21H18Br3O4P. The highest BCUT2D eigenvalue weighted by molar-refractivity contribution is 9.25. The predicted octanol–water partition coefficient (Wildman–Crippen LogP) is 8.06. The molecule has 3 aromatic rings. The van der Waals surface area contributed by atoms with E-state index in [-0.39, 0.29) is 8.06 Å². The zero-order valence-corrected chi connectivity index (χ0v) is 21.0. The van der Waals surface area contributed by atoms with E-state index in [0.717, 1.165) is 5.56 Å². The molecule has 4 nitrogen and oxygen atoms in total. The summed E-state index contributed by atoms with van der Waals surface area (Å²) in [6.07, 6.45) is 0. The zero-order chi connectivity index (χ0) is 20.9. The highest BCUT2D eigenvalue weighted by Crippen LogP contribution is 2.50. The van der Waals surface area contributed by atoms with Crippen LogP contribution in [-0.4, -0.2) is 3.74 Å². The van der Waals surface area contributed by atoms with E-state index in [9.17, 15) is 4.57 Å². The molecule has 0 aliphatic heterocycles. The van der Waals surface area contributed by atoms with Crippen LogP contribution in [0, 0.1) is 0 Å². The van der Waals surface area contributed by atoms with E-state index >= 15 is 0 Å². The number of para-hydroxylation sites is 2. The molecule has 0 saturated heterocycles. The van der Waals surface area contributed by atoms with E-state index in [1.807, 2.05) is 31.2 Å². The number of phosphoric ester groups is 1. The molecule has 3 rings (SSSR count). The van der Waals surface area contributed by atoms with Crippen LogP contribution in [0.2, 0.25) is 0 Å². The van der Waals surface area contributed by atoms with Crippen LogP contribution in [-0.2, 0) is 8.89 Å². The highest BCUT2D eigenvalue weighted by atomic mass is 79.9.